The number of aliphatic hydroxyl groups excluding tert-OH is 1. The van der Waals surface area contributed by atoms with E-state index < -0.39 is 30.1 Å². The second-order valence-corrected chi connectivity index (χ2v) is 6.61. The summed E-state index contributed by atoms with van der Waals surface area (Å²) in [5, 5.41) is 9.65. The van der Waals surface area contributed by atoms with Crippen LogP contribution in [-0.2, 0) is 19.1 Å². The molecule has 1 N–H and O–H groups in total. The highest BCUT2D eigenvalue weighted by Gasteiger charge is 2.44. The fourth-order valence-corrected chi connectivity index (χ4v) is 3.11. The lowest BCUT2D eigenvalue weighted by molar-refractivity contribution is -0.147. The summed E-state index contributed by atoms with van der Waals surface area (Å²) >= 11 is 0. The van der Waals surface area contributed by atoms with E-state index in [1.54, 1.807) is 19.9 Å². The minimum atomic E-state index is -0.619. The molecule has 0 amide bonds. The molecule has 136 valence electrons. The highest BCUT2D eigenvalue weighted by molar-refractivity contribution is 5.92. The van der Waals surface area contributed by atoms with Crippen molar-refractivity contribution >= 4 is 11.9 Å². The molecule has 3 atom stereocenters. The van der Waals surface area contributed by atoms with Gasteiger partial charge in [-0.25, -0.2) is 9.59 Å². The predicted molar refractivity (Wildman–Crippen MR) is 94.6 cm³/mol. The lowest BCUT2D eigenvalue weighted by atomic mass is 9.85. The van der Waals surface area contributed by atoms with Crippen LogP contribution in [0.3, 0.4) is 0 Å². The summed E-state index contributed by atoms with van der Waals surface area (Å²) < 4.78 is 11.1. The van der Waals surface area contributed by atoms with Crippen LogP contribution >= 0.6 is 0 Å². The van der Waals surface area contributed by atoms with Gasteiger partial charge in [0.1, 0.15) is 12.2 Å². The first-order valence-electron chi connectivity index (χ1n) is 8.57. The molecule has 2 aliphatic rings. The molecule has 2 rings (SSSR count). The zero-order chi connectivity index (χ0) is 18.6. The molecule has 5 heteroatoms. The van der Waals surface area contributed by atoms with Gasteiger partial charge < -0.3 is 14.6 Å². The van der Waals surface area contributed by atoms with Gasteiger partial charge in [-0.05, 0) is 45.3 Å². The maximum atomic E-state index is 12.3. The fourth-order valence-electron chi connectivity index (χ4n) is 3.11. The standard InChI is InChI=1S/C20H26O5/c1-5-13(3)19(22)24-17-10-15(11-21)8-6-7-12(2)9-16-18(17)14(4)20(23)25-16/h5,8-9,16-18,21H,4,6-7,10-11H2,1-3H3/b12-9+,13-5+,15-8-/t16-,17-,18+/m0/s1. The number of hydrogen-bond acceptors (Lipinski definition) is 5. The molecule has 0 aromatic rings. The van der Waals surface area contributed by atoms with E-state index in [0.29, 0.717) is 17.6 Å². The minimum Gasteiger partial charge on any atom is -0.458 e. The van der Waals surface area contributed by atoms with E-state index in [2.05, 4.69) is 6.58 Å². The zero-order valence-electron chi connectivity index (χ0n) is 15.1. The number of rotatable bonds is 3. The molecule has 0 unspecified atom stereocenters. The van der Waals surface area contributed by atoms with E-state index in [-0.39, 0.29) is 6.61 Å². The van der Waals surface area contributed by atoms with Crippen molar-refractivity contribution in [1.29, 1.82) is 0 Å². The van der Waals surface area contributed by atoms with E-state index in [1.165, 1.54) is 0 Å². The molecule has 0 radical (unpaired) electrons. The highest BCUT2D eigenvalue weighted by atomic mass is 16.6. The van der Waals surface area contributed by atoms with Crippen molar-refractivity contribution in [2.24, 2.45) is 5.92 Å². The maximum absolute atomic E-state index is 12.3. The third kappa shape index (κ3) is 4.48. The Labute approximate surface area is 148 Å². The van der Waals surface area contributed by atoms with Gasteiger partial charge in [0.2, 0.25) is 0 Å². The summed E-state index contributed by atoms with van der Waals surface area (Å²) in [6.07, 6.45) is 6.40. The van der Waals surface area contributed by atoms with E-state index in [4.69, 9.17) is 9.47 Å². The first kappa shape index (κ1) is 19.2. The lowest BCUT2D eigenvalue weighted by Gasteiger charge is -2.27. The fraction of sp³-hybridized carbons (Fsp3) is 0.500. The average molecular weight is 346 g/mol. The van der Waals surface area contributed by atoms with Crippen LogP contribution in [0.4, 0.5) is 0 Å². The van der Waals surface area contributed by atoms with Crippen molar-refractivity contribution in [3.8, 4) is 0 Å². The van der Waals surface area contributed by atoms with Gasteiger partial charge in [-0.3, -0.25) is 0 Å². The Morgan fingerprint density at radius 1 is 1.52 bits per heavy atom. The molecule has 1 aliphatic carbocycles. The van der Waals surface area contributed by atoms with E-state index in [9.17, 15) is 14.7 Å². The SMILES string of the molecule is C=C1C(=O)O[C@H]2/C=C(\C)CC/C=C(\CO)C[C@H](OC(=O)/C(C)=C/C)[C@H]12. The van der Waals surface area contributed by atoms with Crippen LogP contribution < -0.4 is 0 Å². The monoisotopic (exact) mass is 346 g/mol. The van der Waals surface area contributed by atoms with Crippen molar-refractivity contribution in [1.82, 2.24) is 0 Å². The van der Waals surface area contributed by atoms with Crippen molar-refractivity contribution < 1.29 is 24.2 Å². The second-order valence-electron chi connectivity index (χ2n) is 6.61. The number of allylic oxidation sites excluding steroid dienone is 3. The van der Waals surface area contributed by atoms with Gasteiger partial charge in [0.25, 0.3) is 0 Å². The van der Waals surface area contributed by atoms with Crippen LogP contribution in [0.5, 0.6) is 0 Å². The Kier molecular flexibility index (Phi) is 6.37. The molecule has 1 aliphatic heterocycles. The Morgan fingerprint density at radius 2 is 2.24 bits per heavy atom. The Morgan fingerprint density at radius 3 is 2.88 bits per heavy atom. The quantitative estimate of drug-likeness (QED) is 0.483. The van der Waals surface area contributed by atoms with Crippen LogP contribution in [0.15, 0.2) is 47.1 Å². The maximum Gasteiger partial charge on any atom is 0.334 e. The smallest absolute Gasteiger partial charge is 0.334 e. The summed E-state index contributed by atoms with van der Waals surface area (Å²) in [7, 11) is 0. The lowest BCUT2D eigenvalue weighted by Crippen LogP contribution is -2.34. The average Bonchev–Trinajstić information content (AvgIpc) is 2.85. The van der Waals surface area contributed by atoms with E-state index in [1.807, 2.05) is 19.1 Å². The minimum absolute atomic E-state index is 0.113. The number of ether oxygens (including phenoxy) is 2. The van der Waals surface area contributed by atoms with Crippen LogP contribution in [0, 0.1) is 5.92 Å². The summed E-state index contributed by atoms with van der Waals surface area (Å²) in [5.74, 6) is -1.35. The Balaban J connectivity index is 2.41. The van der Waals surface area contributed by atoms with Crippen molar-refractivity contribution in [2.45, 2.75) is 52.2 Å². The molecule has 0 spiro atoms. The first-order valence-corrected chi connectivity index (χ1v) is 8.57. The number of esters is 2. The molecule has 1 heterocycles. The molecule has 25 heavy (non-hydrogen) atoms. The topological polar surface area (TPSA) is 72.8 Å². The normalized spacial score (nSPS) is 32.0. The Bertz CT molecular complexity index is 651. The zero-order valence-corrected chi connectivity index (χ0v) is 15.1. The van der Waals surface area contributed by atoms with Crippen molar-refractivity contribution in [3.05, 3.63) is 47.1 Å². The number of carbonyl (C=O) groups excluding carboxylic acids is 2. The van der Waals surface area contributed by atoms with Crippen LogP contribution in [-0.4, -0.2) is 35.9 Å². The van der Waals surface area contributed by atoms with Gasteiger partial charge in [-0.1, -0.05) is 24.3 Å². The first-order chi connectivity index (χ1) is 11.9. The molecular formula is C20H26O5. The third-order valence-electron chi connectivity index (χ3n) is 4.76. The number of fused-ring (bicyclic) bond motifs is 1. The third-order valence-corrected chi connectivity index (χ3v) is 4.76. The molecule has 1 saturated heterocycles. The summed E-state index contributed by atoms with van der Waals surface area (Å²) in [4.78, 5) is 24.3. The highest BCUT2D eigenvalue weighted by Crippen LogP contribution is 2.36. The molecule has 0 aromatic carbocycles. The number of carbonyl (C=O) groups is 2. The van der Waals surface area contributed by atoms with Crippen LogP contribution in [0.2, 0.25) is 0 Å². The van der Waals surface area contributed by atoms with E-state index >= 15 is 0 Å². The molecule has 0 saturated carbocycles. The van der Waals surface area contributed by atoms with Gasteiger partial charge in [0, 0.05) is 17.6 Å². The summed E-state index contributed by atoms with van der Waals surface area (Å²) in [6.45, 7) is 9.16. The van der Waals surface area contributed by atoms with Gasteiger partial charge in [-0.15, -0.1) is 0 Å². The molecule has 5 nitrogen and oxygen atoms in total. The number of hydrogen-bond donors (Lipinski definition) is 1. The van der Waals surface area contributed by atoms with Crippen LogP contribution in [0.1, 0.15) is 40.0 Å². The summed E-state index contributed by atoms with van der Waals surface area (Å²) in [5.41, 5.74) is 2.67. The Hall–Kier alpha value is -2.14. The van der Waals surface area contributed by atoms with Crippen molar-refractivity contribution in [3.63, 3.8) is 0 Å². The molecular weight excluding hydrogens is 320 g/mol. The van der Waals surface area contributed by atoms with Gasteiger partial charge in [0.05, 0.1) is 12.5 Å². The van der Waals surface area contributed by atoms with Gasteiger partial charge >= 0.3 is 11.9 Å². The largest absolute Gasteiger partial charge is 0.458 e. The predicted octanol–water partition coefficient (Wildman–Crippen LogP) is 3.01. The summed E-state index contributed by atoms with van der Waals surface area (Å²) in [6, 6.07) is 0. The van der Waals surface area contributed by atoms with Gasteiger partial charge in [0.15, 0.2) is 0 Å². The second kappa shape index (κ2) is 8.30. The van der Waals surface area contributed by atoms with Gasteiger partial charge in [-0.2, -0.15) is 0 Å². The molecule has 0 bridgehead atoms. The van der Waals surface area contributed by atoms with Crippen LogP contribution in [0.25, 0.3) is 0 Å². The molecule has 1 fully saturated rings. The number of aliphatic hydroxyl groups is 1. The molecule has 0 aromatic heterocycles. The van der Waals surface area contributed by atoms with E-state index in [0.717, 1.165) is 24.0 Å². The van der Waals surface area contributed by atoms with Crippen molar-refractivity contribution in [2.75, 3.05) is 6.61 Å².